The van der Waals surface area contributed by atoms with Gasteiger partial charge in [-0.05, 0) is 72.9 Å². The van der Waals surface area contributed by atoms with Crippen molar-refractivity contribution >= 4 is 31.5 Å². The molecule has 0 spiro atoms. The van der Waals surface area contributed by atoms with Crippen LogP contribution in [0.25, 0.3) is 0 Å². The summed E-state index contributed by atoms with van der Waals surface area (Å²) in [5, 5.41) is -1.15. The smallest absolute Gasteiger partial charge is 0.265 e. The molecule has 282 valence electrons. The maximum atomic E-state index is 14.7. The first-order valence-electron chi connectivity index (χ1n) is 17.5. The van der Waals surface area contributed by atoms with Crippen molar-refractivity contribution < 1.29 is 40.6 Å². The monoisotopic (exact) mass is 762 g/mol. The van der Waals surface area contributed by atoms with Crippen LogP contribution in [0, 0.1) is 6.92 Å². The van der Waals surface area contributed by atoms with Gasteiger partial charge in [0.15, 0.2) is 16.4 Å². The van der Waals surface area contributed by atoms with E-state index < -0.39 is 43.2 Å². The number of sulfone groups is 1. The number of hydrogen-bond donors (Lipinski definition) is 0. The Kier molecular flexibility index (Phi) is 11.9. The summed E-state index contributed by atoms with van der Waals surface area (Å²) in [5.41, 5.74) is 3.67. The van der Waals surface area contributed by atoms with Gasteiger partial charge in [-0.15, -0.1) is 0 Å². The minimum absolute atomic E-state index is 0.0502. The lowest BCUT2D eigenvalue weighted by Crippen LogP contribution is -2.55. The van der Waals surface area contributed by atoms with Gasteiger partial charge in [-0.25, -0.2) is 16.8 Å². The van der Waals surface area contributed by atoms with Crippen LogP contribution >= 0.6 is 0 Å². The zero-order chi connectivity index (χ0) is 37.8. The van der Waals surface area contributed by atoms with E-state index in [4.69, 9.17) is 18.9 Å². The molecule has 2 heterocycles. The lowest BCUT2D eigenvalue weighted by molar-refractivity contribution is -0.121. The van der Waals surface area contributed by atoms with Crippen LogP contribution in [-0.2, 0) is 40.7 Å². The van der Waals surface area contributed by atoms with Gasteiger partial charge in [0.05, 0.1) is 30.4 Å². The van der Waals surface area contributed by atoms with E-state index in [9.17, 15) is 21.6 Å². The molecular weight excluding hydrogens is 717 g/mol. The summed E-state index contributed by atoms with van der Waals surface area (Å²) in [4.78, 5) is 14.6. The lowest BCUT2D eigenvalue weighted by atomic mass is 9.82. The second-order valence-electron chi connectivity index (χ2n) is 13.6. The lowest BCUT2D eigenvalue weighted by Gasteiger charge is -2.45. The molecule has 1 saturated heterocycles. The Balaban J connectivity index is 1.40. The molecule has 11 nitrogen and oxygen atoms in total. The minimum atomic E-state index is -4.21. The number of anilines is 1. The van der Waals surface area contributed by atoms with Crippen LogP contribution < -0.4 is 14.4 Å². The SMILES string of the molecule is COCCCN1C(=O)COc2ccc(CO[C@H]3CN(S(=O)(=O)c4ccc(C)cc4)[C@H](C(c4ccccc4)S(C)(=O)=O)C[C@@H]3c3ccc(OC)cc3)cc21. The van der Waals surface area contributed by atoms with E-state index in [1.165, 1.54) is 4.31 Å². The Morgan fingerprint density at radius 1 is 0.906 bits per heavy atom. The molecule has 1 unspecified atom stereocenters. The highest BCUT2D eigenvalue weighted by atomic mass is 32.2. The van der Waals surface area contributed by atoms with Gasteiger partial charge in [0, 0.05) is 45.0 Å². The molecule has 1 amide bonds. The van der Waals surface area contributed by atoms with E-state index in [-0.39, 0.29) is 37.0 Å². The minimum Gasteiger partial charge on any atom is -0.497 e. The van der Waals surface area contributed by atoms with Crippen molar-refractivity contribution in [3.63, 3.8) is 0 Å². The number of rotatable bonds is 14. The molecule has 4 aromatic rings. The van der Waals surface area contributed by atoms with Crippen LogP contribution in [-0.4, -0.2) is 86.0 Å². The first-order valence-corrected chi connectivity index (χ1v) is 20.9. The average Bonchev–Trinajstić information content (AvgIpc) is 3.15. The molecule has 0 radical (unpaired) electrons. The number of hydrogen-bond acceptors (Lipinski definition) is 9. The fourth-order valence-electron chi connectivity index (χ4n) is 7.29. The Bertz CT molecular complexity index is 2090. The first-order chi connectivity index (χ1) is 25.4. The van der Waals surface area contributed by atoms with Crippen molar-refractivity contribution in [3.8, 4) is 11.5 Å². The summed E-state index contributed by atoms with van der Waals surface area (Å²) in [6.45, 7) is 2.79. The van der Waals surface area contributed by atoms with E-state index in [2.05, 4.69) is 0 Å². The topological polar surface area (TPSA) is 129 Å². The Morgan fingerprint density at radius 3 is 2.28 bits per heavy atom. The van der Waals surface area contributed by atoms with Gasteiger partial charge in [-0.3, -0.25) is 4.79 Å². The van der Waals surface area contributed by atoms with Gasteiger partial charge in [0.2, 0.25) is 10.0 Å². The molecule has 13 heteroatoms. The van der Waals surface area contributed by atoms with E-state index in [1.54, 1.807) is 73.7 Å². The van der Waals surface area contributed by atoms with Gasteiger partial charge < -0.3 is 23.8 Å². The van der Waals surface area contributed by atoms with Crippen LogP contribution in [0.3, 0.4) is 0 Å². The van der Waals surface area contributed by atoms with Crippen LogP contribution in [0.1, 0.15) is 46.3 Å². The number of methoxy groups -OCH3 is 2. The highest BCUT2D eigenvalue weighted by Gasteiger charge is 2.49. The molecular formula is C40H46N2O9S2. The average molecular weight is 763 g/mol. The molecule has 0 N–H and O–H groups in total. The number of aryl methyl sites for hydroxylation is 1. The molecule has 6 rings (SSSR count). The number of carbonyl (C=O) groups excluding carboxylic acids is 1. The molecule has 2 aliphatic rings. The number of carbonyl (C=O) groups is 1. The van der Waals surface area contributed by atoms with Crippen molar-refractivity contribution in [3.05, 3.63) is 119 Å². The van der Waals surface area contributed by atoms with Gasteiger partial charge in [-0.1, -0.05) is 66.2 Å². The Labute approximate surface area is 312 Å². The fraction of sp³-hybridized carbons (Fsp3) is 0.375. The molecule has 0 aromatic heterocycles. The molecule has 2 aliphatic heterocycles. The number of benzene rings is 4. The summed E-state index contributed by atoms with van der Waals surface area (Å²) >= 11 is 0. The van der Waals surface area contributed by atoms with E-state index >= 15 is 0 Å². The highest BCUT2D eigenvalue weighted by molar-refractivity contribution is 7.91. The third-order valence-electron chi connectivity index (χ3n) is 9.94. The number of nitrogens with zero attached hydrogens (tertiary/aromatic N) is 2. The Morgan fingerprint density at radius 2 is 1.62 bits per heavy atom. The first kappa shape index (κ1) is 38.5. The quantitative estimate of drug-likeness (QED) is 0.149. The van der Waals surface area contributed by atoms with Crippen molar-refractivity contribution in [1.29, 1.82) is 0 Å². The predicted molar refractivity (Wildman–Crippen MR) is 203 cm³/mol. The fourth-order valence-corrected chi connectivity index (χ4v) is 10.5. The van der Waals surface area contributed by atoms with Gasteiger partial charge >= 0.3 is 0 Å². The van der Waals surface area contributed by atoms with Crippen LogP contribution in [0.2, 0.25) is 0 Å². The van der Waals surface area contributed by atoms with Crippen LogP contribution in [0.4, 0.5) is 5.69 Å². The highest BCUT2D eigenvalue weighted by Crippen LogP contribution is 2.44. The number of ether oxygens (including phenoxy) is 4. The predicted octanol–water partition coefficient (Wildman–Crippen LogP) is 5.68. The van der Waals surface area contributed by atoms with Crippen molar-refractivity contribution in [1.82, 2.24) is 4.31 Å². The molecule has 4 atom stereocenters. The Hall–Kier alpha value is -4.27. The molecule has 0 saturated carbocycles. The molecule has 1 fully saturated rings. The van der Waals surface area contributed by atoms with Gasteiger partial charge in [0.25, 0.3) is 5.91 Å². The van der Waals surface area contributed by atoms with Crippen molar-refractivity contribution in [2.24, 2.45) is 0 Å². The second-order valence-corrected chi connectivity index (χ2v) is 17.6. The zero-order valence-electron chi connectivity index (χ0n) is 30.4. The summed E-state index contributed by atoms with van der Waals surface area (Å²) in [6, 6.07) is 27.4. The third-order valence-corrected chi connectivity index (χ3v) is 13.4. The summed E-state index contributed by atoms with van der Waals surface area (Å²) in [5.74, 6) is 0.698. The normalized spacial score (nSPS) is 20.0. The van der Waals surface area contributed by atoms with Crippen LogP contribution in [0.5, 0.6) is 11.5 Å². The maximum absolute atomic E-state index is 14.7. The van der Waals surface area contributed by atoms with E-state index in [0.717, 1.165) is 22.9 Å². The molecule has 4 aromatic carbocycles. The van der Waals surface area contributed by atoms with Crippen molar-refractivity contribution in [2.75, 3.05) is 51.7 Å². The summed E-state index contributed by atoms with van der Waals surface area (Å²) < 4.78 is 81.1. The molecule has 53 heavy (non-hydrogen) atoms. The number of piperidine rings is 1. The largest absolute Gasteiger partial charge is 0.497 e. The van der Waals surface area contributed by atoms with Gasteiger partial charge in [0.1, 0.15) is 16.7 Å². The van der Waals surface area contributed by atoms with Crippen molar-refractivity contribution in [2.45, 2.75) is 54.6 Å². The van der Waals surface area contributed by atoms with E-state index in [0.29, 0.717) is 42.3 Å². The molecule has 0 aliphatic carbocycles. The van der Waals surface area contributed by atoms with Crippen LogP contribution in [0.15, 0.2) is 102 Å². The second kappa shape index (κ2) is 16.4. The van der Waals surface area contributed by atoms with E-state index in [1.807, 2.05) is 49.4 Å². The standard InChI is InChI=1S/C40H46N2O9S2/c1-28-11-18-33(19-12-28)53(46,47)42-25-38(50-26-29-13-20-37-35(23-29)41(21-8-22-48-2)39(43)27-51-37)34(30-14-16-32(49-3)17-15-30)24-36(42)40(52(4,44)45)31-9-6-5-7-10-31/h5-7,9-20,23,34,36,38,40H,8,21-22,24-27H2,1-4H3/t34-,36+,38+,40?/m1/s1. The summed E-state index contributed by atoms with van der Waals surface area (Å²) in [7, 11) is -4.85. The zero-order valence-corrected chi connectivity index (χ0v) is 32.0. The number of sulfonamides is 1. The summed E-state index contributed by atoms with van der Waals surface area (Å²) in [6.07, 6.45) is 1.30. The number of amides is 1. The number of fused-ring (bicyclic) bond motifs is 1. The maximum Gasteiger partial charge on any atom is 0.265 e. The van der Waals surface area contributed by atoms with Gasteiger partial charge in [-0.2, -0.15) is 4.31 Å². The third kappa shape index (κ3) is 8.60. The molecule has 0 bridgehead atoms.